The molecule has 1 aromatic rings. The van der Waals surface area contributed by atoms with Gasteiger partial charge in [-0.1, -0.05) is 12.1 Å². The number of amides is 3. The highest BCUT2D eigenvalue weighted by atomic mass is 16.5. The number of primary amides is 1. The van der Waals surface area contributed by atoms with E-state index < -0.39 is 11.9 Å². The van der Waals surface area contributed by atoms with Crippen molar-refractivity contribution in [2.75, 3.05) is 6.61 Å². The summed E-state index contributed by atoms with van der Waals surface area (Å²) in [4.78, 5) is 21.4. The lowest BCUT2D eigenvalue weighted by molar-refractivity contribution is -0.120. The number of imide groups is 1. The topological polar surface area (TPSA) is 107 Å². The standard InChI is InChI=1S/C11H15N3O3/c12-7-8-2-1-3-9(6-8)17-5-4-10(15)14-11(13)16/h1-3,6H,4-5,7,12H2,(H3,13,14,15,16). The maximum atomic E-state index is 11.1. The minimum Gasteiger partial charge on any atom is -0.493 e. The number of hydrogen-bond acceptors (Lipinski definition) is 4. The normalized spacial score (nSPS) is 9.71. The molecule has 0 aliphatic heterocycles. The molecule has 0 unspecified atom stereocenters. The van der Waals surface area contributed by atoms with Gasteiger partial charge < -0.3 is 16.2 Å². The Morgan fingerprint density at radius 1 is 1.35 bits per heavy atom. The molecule has 0 saturated heterocycles. The van der Waals surface area contributed by atoms with Gasteiger partial charge in [0.15, 0.2) is 0 Å². The van der Waals surface area contributed by atoms with Crippen LogP contribution in [-0.4, -0.2) is 18.5 Å². The van der Waals surface area contributed by atoms with E-state index in [-0.39, 0.29) is 13.0 Å². The van der Waals surface area contributed by atoms with Crippen LogP contribution in [0.4, 0.5) is 4.79 Å². The third kappa shape index (κ3) is 4.98. The number of carbonyl (C=O) groups is 2. The minimum absolute atomic E-state index is 0.0653. The number of nitrogens with one attached hydrogen (secondary N) is 1. The Balaban J connectivity index is 2.35. The molecule has 0 saturated carbocycles. The molecule has 0 heterocycles. The van der Waals surface area contributed by atoms with Crippen molar-refractivity contribution >= 4 is 11.9 Å². The lowest BCUT2D eigenvalue weighted by Crippen LogP contribution is -2.35. The van der Waals surface area contributed by atoms with Gasteiger partial charge in [-0.25, -0.2) is 4.79 Å². The van der Waals surface area contributed by atoms with Crippen LogP contribution in [0, 0.1) is 0 Å². The molecule has 3 amide bonds. The van der Waals surface area contributed by atoms with Gasteiger partial charge in [-0.2, -0.15) is 0 Å². The van der Waals surface area contributed by atoms with Crippen LogP contribution in [-0.2, 0) is 11.3 Å². The fraction of sp³-hybridized carbons (Fsp3) is 0.273. The molecule has 6 nitrogen and oxygen atoms in total. The van der Waals surface area contributed by atoms with Crippen molar-refractivity contribution < 1.29 is 14.3 Å². The Labute approximate surface area is 98.9 Å². The first kappa shape index (κ1) is 13.0. The molecule has 92 valence electrons. The van der Waals surface area contributed by atoms with Gasteiger partial charge in [0.2, 0.25) is 5.91 Å². The van der Waals surface area contributed by atoms with E-state index >= 15 is 0 Å². The molecular formula is C11H15N3O3. The summed E-state index contributed by atoms with van der Waals surface area (Å²) >= 11 is 0. The van der Waals surface area contributed by atoms with E-state index in [1.165, 1.54) is 0 Å². The monoisotopic (exact) mass is 237 g/mol. The molecule has 0 radical (unpaired) electrons. The number of ether oxygens (including phenoxy) is 1. The van der Waals surface area contributed by atoms with E-state index in [0.29, 0.717) is 12.3 Å². The quantitative estimate of drug-likeness (QED) is 0.675. The van der Waals surface area contributed by atoms with Crippen molar-refractivity contribution in [1.82, 2.24) is 5.32 Å². The number of urea groups is 1. The summed E-state index contributed by atoms with van der Waals surface area (Å²) in [5, 5.41) is 1.95. The Morgan fingerprint density at radius 2 is 2.12 bits per heavy atom. The van der Waals surface area contributed by atoms with Gasteiger partial charge in [0, 0.05) is 6.54 Å². The smallest absolute Gasteiger partial charge is 0.318 e. The van der Waals surface area contributed by atoms with Crippen LogP contribution in [0.1, 0.15) is 12.0 Å². The van der Waals surface area contributed by atoms with Crippen LogP contribution in [0.5, 0.6) is 5.75 Å². The highest BCUT2D eigenvalue weighted by Crippen LogP contribution is 2.12. The fourth-order valence-corrected chi connectivity index (χ4v) is 1.22. The Hall–Kier alpha value is -2.08. The van der Waals surface area contributed by atoms with Gasteiger partial charge in [-0.3, -0.25) is 10.1 Å². The molecule has 1 rings (SSSR count). The molecule has 17 heavy (non-hydrogen) atoms. The third-order valence-electron chi connectivity index (χ3n) is 1.99. The average Bonchev–Trinajstić information content (AvgIpc) is 2.28. The SMILES string of the molecule is NCc1cccc(OCCC(=O)NC(N)=O)c1. The summed E-state index contributed by atoms with van der Waals surface area (Å²) in [5.74, 6) is 0.173. The predicted molar refractivity (Wildman–Crippen MR) is 62.2 cm³/mol. The van der Waals surface area contributed by atoms with Gasteiger partial charge >= 0.3 is 6.03 Å². The summed E-state index contributed by atoms with van der Waals surface area (Å²) < 4.78 is 5.33. The molecule has 0 atom stereocenters. The van der Waals surface area contributed by atoms with Crippen molar-refractivity contribution in [1.29, 1.82) is 0 Å². The molecule has 1 aromatic carbocycles. The van der Waals surface area contributed by atoms with Crippen LogP contribution in [0.25, 0.3) is 0 Å². The van der Waals surface area contributed by atoms with E-state index in [2.05, 4.69) is 0 Å². The Bertz CT molecular complexity index is 407. The second-order valence-electron chi connectivity index (χ2n) is 3.36. The first-order valence-corrected chi connectivity index (χ1v) is 5.13. The summed E-state index contributed by atoms with van der Waals surface area (Å²) in [6.45, 7) is 0.604. The second-order valence-corrected chi connectivity index (χ2v) is 3.36. The van der Waals surface area contributed by atoms with Crippen molar-refractivity contribution in [3.8, 4) is 5.75 Å². The molecule has 0 spiro atoms. The van der Waals surface area contributed by atoms with Gasteiger partial charge in [0.05, 0.1) is 13.0 Å². The molecule has 0 aliphatic rings. The lowest BCUT2D eigenvalue weighted by Gasteiger charge is -2.06. The van der Waals surface area contributed by atoms with Crippen molar-refractivity contribution in [3.63, 3.8) is 0 Å². The number of rotatable bonds is 5. The zero-order chi connectivity index (χ0) is 12.7. The molecule has 6 heteroatoms. The maximum Gasteiger partial charge on any atom is 0.318 e. The highest BCUT2D eigenvalue weighted by Gasteiger charge is 2.04. The van der Waals surface area contributed by atoms with Crippen molar-refractivity contribution in [3.05, 3.63) is 29.8 Å². The van der Waals surface area contributed by atoms with Crippen molar-refractivity contribution in [2.45, 2.75) is 13.0 Å². The number of benzene rings is 1. The average molecular weight is 237 g/mol. The molecule has 0 fully saturated rings. The highest BCUT2D eigenvalue weighted by molar-refractivity contribution is 5.93. The number of carbonyl (C=O) groups excluding carboxylic acids is 2. The summed E-state index contributed by atoms with van der Waals surface area (Å²) in [7, 11) is 0. The molecule has 0 bridgehead atoms. The van der Waals surface area contributed by atoms with Crippen LogP contribution in [0.3, 0.4) is 0 Å². The van der Waals surface area contributed by atoms with Gasteiger partial charge in [-0.15, -0.1) is 0 Å². The van der Waals surface area contributed by atoms with Gasteiger partial charge in [0.1, 0.15) is 5.75 Å². The van der Waals surface area contributed by atoms with Gasteiger partial charge in [0.25, 0.3) is 0 Å². The predicted octanol–water partition coefficient (Wildman–Crippen LogP) is 0.109. The fourth-order valence-electron chi connectivity index (χ4n) is 1.22. The van der Waals surface area contributed by atoms with Crippen LogP contribution < -0.4 is 21.5 Å². The zero-order valence-electron chi connectivity index (χ0n) is 9.31. The van der Waals surface area contributed by atoms with E-state index in [1.807, 2.05) is 17.4 Å². The third-order valence-corrected chi connectivity index (χ3v) is 1.99. The first-order valence-electron chi connectivity index (χ1n) is 5.13. The number of nitrogens with two attached hydrogens (primary N) is 2. The van der Waals surface area contributed by atoms with E-state index in [9.17, 15) is 9.59 Å². The van der Waals surface area contributed by atoms with Crippen LogP contribution in [0.2, 0.25) is 0 Å². The molecular weight excluding hydrogens is 222 g/mol. The summed E-state index contributed by atoms with van der Waals surface area (Å²) in [6.07, 6.45) is 0.0653. The Kier molecular flexibility index (Phi) is 4.96. The molecule has 5 N–H and O–H groups in total. The van der Waals surface area contributed by atoms with Gasteiger partial charge in [-0.05, 0) is 17.7 Å². The maximum absolute atomic E-state index is 11.1. The van der Waals surface area contributed by atoms with E-state index in [1.54, 1.807) is 12.1 Å². The lowest BCUT2D eigenvalue weighted by atomic mass is 10.2. The van der Waals surface area contributed by atoms with E-state index in [4.69, 9.17) is 16.2 Å². The van der Waals surface area contributed by atoms with Crippen molar-refractivity contribution in [2.24, 2.45) is 11.5 Å². The zero-order valence-corrected chi connectivity index (χ0v) is 9.31. The molecule has 0 aliphatic carbocycles. The van der Waals surface area contributed by atoms with Crippen LogP contribution in [0.15, 0.2) is 24.3 Å². The molecule has 0 aromatic heterocycles. The van der Waals surface area contributed by atoms with Crippen LogP contribution >= 0.6 is 0 Å². The summed E-state index contributed by atoms with van der Waals surface area (Å²) in [6, 6.07) is 6.41. The first-order chi connectivity index (χ1) is 8.11. The second kappa shape index (κ2) is 6.49. The largest absolute Gasteiger partial charge is 0.493 e. The van der Waals surface area contributed by atoms with E-state index in [0.717, 1.165) is 5.56 Å². The number of hydrogen-bond donors (Lipinski definition) is 3. The minimum atomic E-state index is -0.861. The Morgan fingerprint density at radius 3 is 2.76 bits per heavy atom. The summed E-state index contributed by atoms with van der Waals surface area (Å²) in [5.41, 5.74) is 11.2.